The van der Waals surface area contributed by atoms with Gasteiger partial charge in [0.2, 0.25) is 0 Å². The Balaban J connectivity index is 1.68. The van der Waals surface area contributed by atoms with Crippen LogP contribution in [-0.2, 0) is 6.54 Å². The summed E-state index contributed by atoms with van der Waals surface area (Å²) in [5, 5.41) is 14.9. The zero-order valence-corrected chi connectivity index (χ0v) is 13.3. The fourth-order valence-corrected chi connectivity index (χ4v) is 2.24. The zero-order chi connectivity index (χ0) is 17.5. The molecule has 0 aliphatic carbocycles. The van der Waals surface area contributed by atoms with E-state index in [1.165, 1.54) is 0 Å². The summed E-state index contributed by atoms with van der Waals surface area (Å²) in [6.45, 7) is 0.408. The Hall–Kier alpha value is -3.72. The second kappa shape index (κ2) is 7.70. The molecular weight excluding hydrogens is 314 g/mol. The SMILES string of the molecule is N#Cc1cccc(Nc2ccnc(C(=O)NCc3ccncc3)c2)c1. The van der Waals surface area contributed by atoms with Crippen LogP contribution in [0.2, 0.25) is 0 Å². The van der Waals surface area contributed by atoms with Gasteiger partial charge in [-0.15, -0.1) is 0 Å². The maximum atomic E-state index is 12.3. The molecule has 2 heterocycles. The number of benzene rings is 1. The maximum Gasteiger partial charge on any atom is 0.270 e. The molecule has 6 nitrogen and oxygen atoms in total. The fraction of sp³-hybridized carbons (Fsp3) is 0.0526. The molecule has 0 aliphatic heterocycles. The van der Waals surface area contributed by atoms with Crippen LogP contribution in [0.3, 0.4) is 0 Å². The maximum absolute atomic E-state index is 12.3. The monoisotopic (exact) mass is 329 g/mol. The quantitative estimate of drug-likeness (QED) is 0.751. The Bertz CT molecular complexity index is 918. The third-order valence-electron chi connectivity index (χ3n) is 3.48. The Kier molecular flexibility index (Phi) is 4.98. The molecule has 6 heteroatoms. The third-order valence-corrected chi connectivity index (χ3v) is 3.48. The minimum absolute atomic E-state index is 0.258. The van der Waals surface area contributed by atoms with Crippen molar-refractivity contribution in [3.63, 3.8) is 0 Å². The van der Waals surface area contributed by atoms with Crippen molar-refractivity contribution < 1.29 is 4.79 Å². The van der Waals surface area contributed by atoms with Crippen molar-refractivity contribution in [3.05, 3.63) is 83.9 Å². The third kappa shape index (κ3) is 4.39. The van der Waals surface area contributed by atoms with E-state index in [0.717, 1.165) is 16.9 Å². The van der Waals surface area contributed by atoms with Gasteiger partial charge in [-0.1, -0.05) is 6.07 Å². The highest BCUT2D eigenvalue weighted by atomic mass is 16.1. The van der Waals surface area contributed by atoms with Crippen molar-refractivity contribution in [2.75, 3.05) is 5.32 Å². The van der Waals surface area contributed by atoms with Gasteiger partial charge in [0, 0.05) is 36.5 Å². The van der Waals surface area contributed by atoms with Crippen LogP contribution >= 0.6 is 0 Å². The number of nitrogens with zero attached hydrogens (tertiary/aromatic N) is 3. The number of nitrogens with one attached hydrogen (secondary N) is 2. The number of carbonyl (C=O) groups excluding carboxylic acids is 1. The first-order chi connectivity index (χ1) is 12.2. The first-order valence-electron chi connectivity index (χ1n) is 7.65. The molecule has 0 saturated carbocycles. The van der Waals surface area contributed by atoms with Gasteiger partial charge >= 0.3 is 0 Å². The molecule has 3 aromatic rings. The highest BCUT2D eigenvalue weighted by molar-refractivity contribution is 5.93. The lowest BCUT2D eigenvalue weighted by atomic mass is 10.2. The van der Waals surface area contributed by atoms with Crippen LogP contribution in [0.5, 0.6) is 0 Å². The van der Waals surface area contributed by atoms with Gasteiger partial charge in [-0.2, -0.15) is 5.26 Å². The van der Waals surface area contributed by atoms with Crippen LogP contribution in [0.1, 0.15) is 21.6 Å². The molecule has 2 aromatic heterocycles. The van der Waals surface area contributed by atoms with E-state index in [1.54, 1.807) is 48.9 Å². The van der Waals surface area contributed by atoms with Gasteiger partial charge in [-0.25, -0.2) is 0 Å². The average molecular weight is 329 g/mol. The van der Waals surface area contributed by atoms with Crippen molar-refractivity contribution in [3.8, 4) is 6.07 Å². The van der Waals surface area contributed by atoms with Crippen molar-refractivity contribution in [2.24, 2.45) is 0 Å². The van der Waals surface area contributed by atoms with Crippen LogP contribution in [-0.4, -0.2) is 15.9 Å². The second-order valence-electron chi connectivity index (χ2n) is 5.29. The average Bonchev–Trinajstić information content (AvgIpc) is 2.67. The van der Waals surface area contributed by atoms with Gasteiger partial charge < -0.3 is 10.6 Å². The molecule has 0 aliphatic rings. The van der Waals surface area contributed by atoms with Crippen LogP contribution in [0.25, 0.3) is 0 Å². The van der Waals surface area contributed by atoms with Crippen LogP contribution < -0.4 is 10.6 Å². The summed E-state index contributed by atoms with van der Waals surface area (Å²) in [4.78, 5) is 20.3. The van der Waals surface area contributed by atoms with Crippen molar-refractivity contribution >= 4 is 17.3 Å². The van der Waals surface area contributed by atoms with Crippen molar-refractivity contribution in [1.29, 1.82) is 5.26 Å². The van der Waals surface area contributed by atoms with E-state index in [2.05, 4.69) is 26.7 Å². The van der Waals surface area contributed by atoms with E-state index in [4.69, 9.17) is 5.26 Å². The Morgan fingerprint density at radius 2 is 1.84 bits per heavy atom. The molecule has 2 N–H and O–H groups in total. The topological polar surface area (TPSA) is 90.7 Å². The molecule has 3 rings (SSSR count). The van der Waals surface area contributed by atoms with Gasteiger partial charge in [-0.05, 0) is 48.0 Å². The van der Waals surface area contributed by atoms with E-state index in [-0.39, 0.29) is 5.91 Å². The normalized spacial score (nSPS) is 9.88. The number of amides is 1. The molecule has 1 aromatic carbocycles. The first kappa shape index (κ1) is 16.1. The van der Waals surface area contributed by atoms with E-state index in [9.17, 15) is 4.79 Å². The fourth-order valence-electron chi connectivity index (χ4n) is 2.24. The summed E-state index contributed by atoms with van der Waals surface area (Å²) in [6.07, 6.45) is 4.93. The standard InChI is InChI=1S/C19H15N5O/c20-12-15-2-1-3-16(10-15)24-17-6-9-22-18(11-17)19(25)23-13-14-4-7-21-8-5-14/h1-11H,13H2,(H,22,24)(H,23,25). The van der Waals surface area contributed by atoms with Crippen LogP contribution in [0, 0.1) is 11.3 Å². The van der Waals surface area contributed by atoms with Gasteiger partial charge in [-0.3, -0.25) is 14.8 Å². The molecule has 25 heavy (non-hydrogen) atoms. The second-order valence-corrected chi connectivity index (χ2v) is 5.29. The number of aromatic nitrogens is 2. The van der Waals surface area contributed by atoms with E-state index >= 15 is 0 Å². The molecule has 0 radical (unpaired) electrons. The number of hydrogen-bond acceptors (Lipinski definition) is 5. The molecule has 0 spiro atoms. The van der Waals surface area contributed by atoms with E-state index < -0.39 is 0 Å². The van der Waals surface area contributed by atoms with Gasteiger partial charge in [0.05, 0.1) is 11.6 Å². The molecule has 0 atom stereocenters. The number of carbonyl (C=O) groups is 1. The Morgan fingerprint density at radius 1 is 1.04 bits per heavy atom. The van der Waals surface area contributed by atoms with Gasteiger partial charge in [0.1, 0.15) is 5.69 Å². The lowest BCUT2D eigenvalue weighted by Gasteiger charge is -2.09. The number of rotatable bonds is 5. The van der Waals surface area contributed by atoms with Crippen molar-refractivity contribution in [2.45, 2.75) is 6.54 Å². The minimum Gasteiger partial charge on any atom is -0.355 e. The Morgan fingerprint density at radius 3 is 2.64 bits per heavy atom. The van der Waals surface area contributed by atoms with Gasteiger partial charge in [0.15, 0.2) is 0 Å². The number of pyridine rings is 2. The van der Waals surface area contributed by atoms with Crippen LogP contribution in [0.15, 0.2) is 67.1 Å². The molecule has 0 bridgehead atoms. The highest BCUT2D eigenvalue weighted by Gasteiger charge is 2.08. The van der Waals surface area contributed by atoms with Gasteiger partial charge in [0.25, 0.3) is 5.91 Å². The highest BCUT2D eigenvalue weighted by Crippen LogP contribution is 2.17. The zero-order valence-electron chi connectivity index (χ0n) is 13.3. The molecule has 0 saturated heterocycles. The Labute approximate surface area is 145 Å². The molecule has 0 fully saturated rings. The largest absolute Gasteiger partial charge is 0.355 e. The smallest absolute Gasteiger partial charge is 0.270 e. The van der Waals surface area contributed by atoms with E-state index in [0.29, 0.717) is 17.8 Å². The summed E-state index contributed by atoms with van der Waals surface area (Å²) in [7, 11) is 0. The predicted octanol–water partition coefficient (Wildman–Crippen LogP) is 3.02. The molecule has 0 unspecified atom stereocenters. The number of nitriles is 1. The number of hydrogen-bond donors (Lipinski definition) is 2. The van der Waals surface area contributed by atoms with E-state index in [1.807, 2.05) is 18.2 Å². The summed E-state index contributed by atoms with van der Waals surface area (Å²) in [5.41, 5.74) is 3.34. The summed E-state index contributed by atoms with van der Waals surface area (Å²) >= 11 is 0. The first-order valence-corrected chi connectivity index (χ1v) is 7.65. The summed E-state index contributed by atoms with van der Waals surface area (Å²) in [5.74, 6) is -0.258. The molecule has 1 amide bonds. The molecule has 122 valence electrons. The minimum atomic E-state index is -0.258. The number of anilines is 2. The lowest BCUT2D eigenvalue weighted by Crippen LogP contribution is -2.23. The predicted molar refractivity (Wildman–Crippen MR) is 94.1 cm³/mol. The van der Waals surface area contributed by atoms with Crippen molar-refractivity contribution in [1.82, 2.24) is 15.3 Å². The summed E-state index contributed by atoms with van der Waals surface area (Å²) in [6, 6.07) is 16.3. The summed E-state index contributed by atoms with van der Waals surface area (Å²) < 4.78 is 0. The van der Waals surface area contributed by atoms with Crippen LogP contribution in [0.4, 0.5) is 11.4 Å². The molecular formula is C19H15N5O. The lowest BCUT2D eigenvalue weighted by molar-refractivity contribution is 0.0946.